The van der Waals surface area contributed by atoms with Crippen molar-refractivity contribution in [3.8, 4) is 5.75 Å². The summed E-state index contributed by atoms with van der Waals surface area (Å²) in [5.74, 6) is 0.196. The Morgan fingerprint density at radius 1 is 1.57 bits per heavy atom. The van der Waals surface area contributed by atoms with Gasteiger partial charge >= 0.3 is 92.2 Å². The van der Waals surface area contributed by atoms with E-state index in [0.717, 1.165) is 5.56 Å². The van der Waals surface area contributed by atoms with Crippen LogP contribution < -0.4 is 10.5 Å². The molecule has 75 valence electrons. The molecule has 1 rings (SSSR count). The van der Waals surface area contributed by atoms with Crippen molar-refractivity contribution in [3.05, 3.63) is 29.8 Å². The molecule has 14 heavy (non-hydrogen) atoms. The van der Waals surface area contributed by atoms with Gasteiger partial charge in [-0.2, -0.15) is 0 Å². The standard InChI is InChI=1S/C10H11NO2.Ru/c1-7-5-3-4-6-9(7)13-8(2)10(11)12;/h1,3-6,8H,2H3,(H2,11,12);/q;+1. The average molecular weight is 278 g/mol. The fourth-order valence-corrected chi connectivity index (χ4v) is 1.34. The van der Waals surface area contributed by atoms with Crippen molar-refractivity contribution in [2.24, 2.45) is 5.73 Å². The van der Waals surface area contributed by atoms with Crippen LogP contribution in [-0.2, 0) is 22.6 Å². The third-order valence-corrected chi connectivity index (χ3v) is 2.27. The number of amides is 1. The third kappa shape index (κ3) is 2.74. The molecule has 0 aliphatic carbocycles. The van der Waals surface area contributed by atoms with E-state index in [1.54, 1.807) is 13.0 Å². The molecule has 0 spiro atoms. The normalized spacial score (nSPS) is 11.8. The quantitative estimate of drug-likeness (QED) is 0.822. The van der Waals surface area contributed by atoms with Gasteiger partial charge in [0.25, 0.3) is 0 Å². The van der Waals surface area contributed by atoms with Crippen LogP contribution in [0.5, 0.6) is 5.75 Å². The first-order valence-corrected chi connectivity index (χ1v) is 5.12. The van der Waals surface area contributed by atoms with Gasteiger partial charge in [0.05, 0.1) is 0 Å². The van der Waals surface area contributed by atoms with Crippen LogP contribution in [0, 0.1) is 0 Å². The Balaban J connectivity index is 2.85. The predicted molar refractivity (Wildman–Crippen MR) is 50.9 cm³/mol. The predicted octanol–water partition coefficient (Wildman–Crippen LogP) is 0.636. The zero-order valence-electron chi connectivity index (χ0n) is 7.71. The van der Waals surface area contributed by atoms with Gasteiger partial charge in [-0.05, 0) is 0 Å². The Hall–Kier alpha value is -1.02. The topological polar surface area (TPSA) is 52.3 Å². The minimum atomic E-state index is -0.609. The number of hydrogen-bond donors (Lipinski definition) is 1. The Kier molecular flexibility index (Phi) is 3.96. The van der Waals surface area contributed by atoms with E-state index in [0.29, 0.717) is 5.75 Å². The van der Waals surface area contributed by atoms with Crippen LogP contribution in [0.15, 0.2) is 24.3 Å². The summed E-state index contributed by atoms with van der Waals surface area (Å²) < 4.78 is 7.23. The number of rotatable bonds is 4. The van der Waals surface area contributed by atoms with Gasteiger partial charge in [-0.3, -0.25) is 0 Å². The van der Waals surface area contributed by atoms with Gasteiger partial charge in [-0.1, -0.05) is 0 Å². The van der Waals surface area contributed by atoms with Gasteiger partial charge < -0.3 is 0 Å². The SMILES string of the molecule is CC(Oc1ccccc1[CH]=[Ru+])C(N)=O. The van der Waals surface area contributed by atoms with E-state index >= 15 is 0 Å². The van der Waals surface area contributed by atoms with Crippen molar-refractivity contribution >= 4 is 10.5 Å². The van der Waals surface area contributed by atoms with Crippen molar-refractivity contribution in [2.45, 2.75) is 13.0 Å². The fourth-order valence-electron chi connectivity index (χ4n) is 0.921. The summed E-state index contributed by atoms with van der Waals surface area (Å²) in [6, 6.07) is 7.46. The first kappa shape index (κ1) is 11.1. The van der Waals surface area contributed by atoms with E-state index in [2.05, 4.69) is 17.9 Å². The molecule has 1 unspecified atom stereocenters. The minimum absolute atomic E-state index is 0.468. The van der Waals surface area contributed by atoms with E-state index in [4.69, 9.17) is 10.5 Å². The molecule has 0 saturated heterocycles. The molecule has 0 radical (unpaired) electrons. The van der Waals surface area contributed by atoms with Gasteiger partial charge in [0.15, 0.2) is 0 Å². The van der Waals surface area contributed by atoms with E-state index in [1.807, 2.05) is 22.8 Å². The molecule has 3 nitrogen and oxygen atoms in total. The first-order chi connectivity index (χ1) is 6.65. The average Bonchev–Trinajstić information content (AvgIpc) is 2.18. The Morgan fingerprint density at radius 3 is 2.79 bits per heavy atom. The second kappa shape index (κ2) is 5.01. The summed E-state index contributed by atoms with van der Waals surface area (Å²) in [6.07, 6.45) is -0.609. The summed E-state index contributed by atoms with van der Waals surface area (Å²) in [4.78, 5) is 10.8. The number of primary amides is 1. The summed E-state index contributed by atoms with van der Waals surface area (Å²) in [7, 11) is 0. The van der Waals surface area contributed by atoms with E-state index in [-0.39, 0.29) is 0 Å². The van der Waals surface area contributed by atoms with E-state index in [1.165, 1.54) is 0 Å². The monoisotopic (exact) mass is 279 g/mol. The molecule has 0 aliphatic heterocycles. The molecular weight excluding hydrogens is 267 g/mol. The van der Waals surface area contributed by atoms with Crippen LogP contribution in [0.2, 0.25) is 0 Å². The second-order valence-corrected chi connectivity index (χ2v) is 3.30. The summed E-state index contributed by atoms with van der Waals surface area (Å²) in [6.45, 7) is 1.63. The van der Waals surface area contributed by atoms with Crippen molar-refractivity contribution in [2.75, 3.05) is 0 Å². The van der Waals surface area contributed by atoms with Crippen LogP contribution in [0.4, 0.5) is 0 Å². The molecule has 0 fully saturated rings. The molecule has 1 atom stereocenters. The molecule has 0 aromatic heterocycles. The second-order valence-electron chi connectivity index (χ2n) is 2.80. The van der Waals surface area contributed by atoms with Gasteiger partial charge in [-0.15, -0.1) is 0 Å². The number of ether oxygens (including phenoxy) is 1. The summed E-state index contributed by atoms with van der Waals surface area (Å²) in [5.41, 5.74) is 6.02. The molecule has 0 heterocycles. The van der Waals surface area contributed by atoms with Crippen LogP contribution >= 0.6 is 0 Å². The zero-order valence-corrected chi connectivity index (χ0v) is 9.45. The Labute approximate surface area is 92.4 Å². The number of nitrogens with two attached hydrogens (primary N) is 1. The molecule has 1 aromatic rings. The van der Waals surface area contributed by atoms with Crippen LogP contribution in [-0.4, -0.2) is 16.6 Å². The number of hydrogen-bond acceptors (Lipinski definition) is 2. The van der Waals surface area contributed by atoms with Gasteiger partial charge in [0.1, 0.15) is 0 Å². The maximum absolute atomic E-state index is 10.8. The molecular formula is C10H11NO2Ru+. The summed E-state index contributed by atoms with van der Waals surface area (Å²) >= 11 is 2.40. The van der Waals surface area contributed by atoms with Crippen molar-refractivity contribution in [1.29, 1.82) is 0 Å². The Bertz CT molecular complexity index is 352. The number of para-hydroxylation sites is 1. The number of carbonyl (C=O) groups excluding carboxylic acids is 1. The van der Waals surface area contributed by atoms with Crippen LogP contribution in [0.3, 0.4) is 0 Å². The van der Waals surface area contributed by atoms with Gasteiger partial charge in [0, 0.05) is 0 Å². The zero-order chi connectivity index (χ0) is 10.6. The van der Waals surface area contributed by atoms with Crippen LogP contribution in [0.1, 0.15) is 12.5 Å². The number of carbonyl (C=O) groups is 1. The van der Waals surface area contributed by atoms with E-state index < -0.39 is 12.0 Å². The van der Waals surface area contributed by atoms with E-state index in [9.17, 15) is 4.79 Å². The van der Waals surface area contributed by atoms with Crippen molar-refractivity contribution in [1.82, 2.24) is 0 Å². The fraction of sp³-hybridized carbons (Fsp3) is 0.200. The Morgan fingerprint density at radius 2 is 2.21 bits per heavy atom. The van der Waals surface area contributed by atoms with Crippen molar-refractivity contribution in [3.63, 3.8) is 0 Å². The maximum atomic E-state index is 10.8. The van der Waals surface area contributed by atoms with Crippen LogP contribution in [0.25, 0.3) is 0 Å². The first-order valence-electron chi connectivity index (χ1n) is 4.12. The molecule has 0 bridgehead atoms. The molecule has 0 saturated carbocycles. The summed E-state index contributed by atoms with van der Waals surface area (Å²) in [5, 5.41) is 0. The third-order valence-electron chi connectivity index (χ3n) is 1.73. The van der Waals surface area contributed by atoms with Crippen molar-refractivity contribution < 1.29 is 27.4 Å². The number of benzene rings is 1. The van der Waals surface area contributed by atoms with Gasteiger partial charge in [0.2, 0.25) is 0 Å². The van der Waals surface area contributed by atoms with Gasteiger partial charge in [-0.25, -0.2) is 0 Å². The molecule has 4 heteroatoms. The molecule has 0 aliphatic rings. The molecule has 1 aromatic carbocycles. The molecule has 1 amide bonds. The molecule has 2 N–H and O–H groups in total.